The minimum Gasteiger partial charge on any atom is -0.485 e. The topological polar surface area (TPSA) is 41.7 Å². The summed E-state index contributed by atoms with van der Waals surface area (Å²) in [4.78, 5) is 5.23. The molecule has 3 aromatic carbocycles. The lowest BCUT2D eigenvalue weighted by molar-refractivity contribution is 0.0375. The van der Waals surface area contributed by atoms with Gasteiger partial charge in [-0.15, -0.1) is 37.2 Å². The van der Waals surface area contributed by atoms with Crippen LogP contribution in [0.3, 0.4) is 0 Å². The van der Waals surface area contributed by atoms with Crippen molar-refractivity contribution in [2.24, 2.45) is 0 Å². The summed E-state index contributed by atoms with van der Waals surface area (Å²) >= 11 is 0. The summed E-state index contributed by atoms with van der Waals surface area (Å²) in [5.74, 6) is 1.52. The molecule has 214 valence electrons. The van der Waals surface area contributed by atoms with Gasteiger partial charge in [0.25, 0.3) is 0 Å². The van der Waals surface area contributed by atoms with Crippen molar-refractivity contribution in [2.45, 2.75) is 52.1 Å². The summed E-state index contributed by atoms with van der Waals surface area (Å²) in [7, 11) is 0. The molecule has 2 aliphatic heterocycles. The molecule has 2 aliphatic rings. The molecule has 0 spiro atoms. The number of nitrogen functional groups attached to an aromatic ring is 1. The molecule has 1 saturated heterocycles. The van der Waals surface area contributed by atoms with E-state index >= 15 is 0 Å². The molecule has 39 heavy (non-hydrogen) atoms. The van der Waals surface area contributed by atoms with E-state index in [-0.39, 0.29) is 42.8 Å². The average Bonchev–Trinajstić information content (AvgIpc) is 3.26. The second-order valence-corrected chi connectivity index (χ2v) is 11.1. The van der Waals surface area contributed by atoms with Crippen LogP contribution in [0.25, 0.3) is 0 Å². The Morgan fingerprint density at radius 3 is 1.82 bits per heavy atom. The van der Waals surface area contributed by atoms with E-state index < -0.39 is 0 Å². The summed E-state index contributed by atoms with van der Waals surface area (Å²) in [6, 6.07) is 21.9. The molecule has 2 N–H and O–H groups in total. The highest BCUT2D eigenvalue weighted by molar-refractivity contribution is 5.86. The normalized spacial score (nSPS) is 18.9. The molecule has 0 amide bonds. The standard InChI is InChI=1S/C32H41N3O.3ClH/c1-23-24(2)31-29(25(3)30(23)33)21-32(4,36-31)22-35-19-17-34(18-20-35)16-15-28(26-11-7-5-8-12-26)27-13-9-6-10-14-27;;;/h5-14,28H,15-22,33H2,1-4H3;3*1H. The zero-order chi connectivity index (χ0) is 25.3. The van der Waals surface area contributed by atoms with Crippen molar-refractivity contribution in [2.75, 3.05) is 45.0 Å². The summed E-state index contributed by atoms with van der Waals surface area (Å²) in [6.45, 7) is 15.2. The molecular formula is C32H44Cl3N3O. The van der Waals surface area contributed by atoms with Crippen LogP contribution in [0, 0.1) is 20.8 Å². The predicted octanol–water partition coefficient (Wildman–Crippen LogP) is 6.99. The number of benzene rings is 3. The van der Waals surface area contributed by atoms with Crippen LogP contribution >= 0.6 is 37.2 Å². The number of piperazine rings is 1. The first-order chi connectivity index (χ1) is 17.3. The Labute approximate surface area is 253 Å². The maximum Gasteiger partial charge on any atom is 0.127 e. The monoisotopic (exact) mass is 591 g/mol. The number of halogens is 3. The van der Waals surface area contributed by atoms with Crippen molar-refractivity contribution in [3.63, 3.8) is 0 Å². The molecule has 5 rings (SSSR count). The fourth-order valence-electron chi connectivity index (χ4n) is 6.16. The Morgan fingerprint density at radius 2 is 1.28 bits per heavy atom. The zero-order valence-electron chi connectivity index (χ0n) is 23.6. The van der Waals surface area contributed by atoms with E-state index in [0.717, 1.165) is 69.1 Å². The van der Waals surface area contributed by atoms with E-state index in [9.17, 15) is 0 Å². The average molecular weight is 593 g/mol. The lowest BCUT2D eigenvalue weighted by Gasteiger charge is -2.39. The van der Waals surface area contributed by atoms with Crippen molar-refractivity contribution in [3.8, 4) is 5.75 Å². The van der Waals surface area contributed by atoms with Crippen LogP contribution in [-0.2, 0) is 6.42 Å². The van der Waals surface area contributed by atoms with Crippen LogP contribution in [0.4, 0.5) is 5.69 Å². The van der Waals surface area contributed by atoms with E-state index in [1.165, 1.54) is 27.8 Å². The SMILES string of the molecule is Cc1c(C)c2c(c(C)c1N)CC(C)(CN1CCN(CCC(c3ccccc3)c3ccccc3)CC1)O2.Cl.Cl.Cl. The number of ether oxygens (including phenoxy) is 1. The van der Waals surface area contributed by atoms with Gasteiger partial charge in [0.1, 0.15) is 11.4 Å². The molecule has 0 aliphatic carbocycles. The number of anilines is 1. The van der Waals surface area contributed by atoms with E-state index in [2.05, 4.69) is 98.2 Å². The Kier molecular flexibility index (Phi) is 12.0. The largest absolute Gasteiger partial charge is 0.485 e. The first-order valence-corrected chi connectivity index (χ1v) is 13.5. The van der Waals surface area contributed by atoms with Crippen molar-refractivity contribution >= 4 is 42.9 Å². The minimum absolute atomic E-state index is 0. The van der Waals surface area contributed by atoms with Gasteiger partial charge in [-0.25, -0.2) is 0 Å². The Hall–Kier alpha value is -1.95. The van der Waals surface area contributed by atoms with E-state index in [4.69, 9.17) is 10.5 Å². The third-order valence-corrected chi connectivity index (χ3v) is 8.50. The van der Waals surface area contributed by atoms with E-state index in [1.54, 1.807) is 0 Å². The maximum atomic E-state index is 6.64. The van der Waals surface area contributed by atoms with Gasteiger partial charge in [0, 0.05) is 56.3 Å². The molecule has 4 nitrogen and oxygen atoms in total. The van der Waals surface area contributed by atoms with Gasteiger partial charge >= 0.3 is 0 Å². The summed E-state index contributed by atoms with van der Waals surface area (Å²) < 4.78 is 6.64. The third kappa shape index (κ3) is 7.23. The van der Waals surface area contributed by atoms with Crippen LogP contribution in [0.1, 0.15) is 52.6 Å². The number of rotatable bonds is 7. The molecule has 1 atom stereocenters. The summed E-state index contributed by atoms with van der Waals surface area (Å²) in [5, 5.41) is 0. The van der Waals surface area contributed by atoms with Gasteiger partial charge in [-0.2, -0.15) is 0 Å². The highest BCUT2D eigenvalue weighted by Gasteiger charge is 2.39. The summed E-state index contributed by atoms with van der Waals surface area (Å²) in [6.07, 6.45) is 2.08. The summed E-state index contributed by atoms with van der Waals surface area (Å²) in [5.41, 5.74) is 14.8. The molecule has 0 radical (unpaired) electrons. The smallest absolute Gasteiger partial charge is 0.127 e. The van der Waals surface area contributed by atoms with Crippen molar-refractivity contribution < 1.29 is 4.74 Å². The quantitative estimate of drug-likeness (QED) is 0.300. The van der Waals surface area contributed by atoms with Gasteiger partial charge < -0.3 is 15.4 Å². The number of fused-ring (bicyclic) bond motifs is 1. The molecule has 0 bridgehead atoms. The van der Waals surface area contributed by atoms with Crippen molar-refractivity contribution in [1.29, 1.82) is 0 Å². The Bertz CT molecular complexity index is 1120. The molecule has 1 fully saturated rings. The number of hydrogen-bond donors (Lipinski definition) is 1. The van der Waals surface area contributed by atoms with Crippen LogP contribution < -0.4 is 10.5 Å². The molecule has 2 heterocycles. The highest BCUT2D eigenvalue weighted by atomic mass is 35.5. The highest BCUT2D eigenvalue weighted by Crippen LogP contribution is 2.44. The lowest BCUT2D eigenvalue weighted by Crippen LogP contribution is -2.52. The van der Waals surface area contributed by atoms with E-state index in [1.807, 2.05) is 0 Å². The minimum atomic E-state index is -0.189. The van der Waals surface area contributed by atoms with Crippen molar-refractivity contribution in [1.82, 2.24) is 9.80 Å². The van der Waals surface area contributed by atoms with Gasteiger partial charge in [0.2, 0.25) is 0 Å². The fourth-order valence-corrected chi connectivity index (χ4v) is 6.16. The van der Waals surface area contributed by atoms with Crippen LogP contribution in [0.5, 0.6) is 5.75 Å². The van der Waals surface area contributed by atoms with Gasteiger partial charge in [-0.05, 0) is 68.5 Å². The Balaban J connectivity index is 0.00000178. The maximum absolute atomic E-state index is 6.64. The number of nitrogens with zero attached hydrogens (tertiary/aromatic N) is 2. The van der Waals surface area contributed by atoms with Gasteiger partial charge in [0.15, 0.2) is 0 Å². The molecule has 7 heteroatoms. The second kappa shape index (κ2) is 14.1. The van der Waals surface area contributed by atoms with E-state index in [0.29, 0.717) is 5.92 Å². The lowest BCUT2D eigenvalue weighted by atomic mass is 9.88. The molecule has 3 aromatic rings. The van der Waals surface area contributed by atoms with Gasteiger partial charge in [-0.1, -0.05) is 60.7 Å². The first kappa shape index (κ1) is 33.3. The third-order valence-electron chi connectivity index (χ3n) is 8.50. The molecule has 0 saturated carbocycles. The number of nitrogens with two attached hydrogens (primary N) is 1. The Morgan fingerprint density at radius 1 is 0.769 bits per heavy atom. The van der Waals surface area contributed by atoms with Gasteiger partial charge in [-0.3, -0.25) is 4.90 Å². The zero-order valence-corrected chi connectivity index (χ0v) is 26.1. The first-order valence-electron chi connectivity index (χ1n) is 13.5. The number of hydrogen-bond acceptors (Lipinski definition) is 4. The predicted molar refractivity (Wildman–Crippen MR) is 172 cm³/mol. The molecule has 0 aromatic heterocycles. The van der Waals surface area contributed by atoms with Gasteiger partial charge in [0.05, 0.1) is 0 Å². The second-order valence-electron chi connectivity index (χ2n) is 11.1. The van der Waals surface area contributed by atoms with Crippen molar-refractivity contribution in [3.05, 3.63) is 94.0 Å². The fraction of sp³-hybridized carbons (Fsp3) is 0.438. The van der Waals surface area contributed by atoms with Crippen LogP contribution in [-0.4, -0.2) is 54.7 Å². The molecular weight excluding hydrogens is 549 g/mol. The molecule has 1 unspecified atom stereocenters. The van der Waals surface area contributed by atoms with Crippen LogP contribution in [0.2, 0.25) is 0 Å². The van der Waals surface area contributed by atoms with Crippen LogP contribution in [0.15, 0.2) is 60.7 Å².